The zero-order valence-electron chi connectivity index (χ0n) is 17.1. The highest BCUT2D eigenvalue weighted by Crippen LogP contribution is 2.16. The fraction of sp³-hybridized carbons (Fsp3) is 0.524. The summed E-state index contributed by atoms with van der Waals surface area (Å²) in [7, 11) is 1.83. The van der Waals surface area contributed by atoms with Crippen molar-refractivity contribution >= 4 is 11.6 Å². The summed E-state index contributed by atoms with van der Waals surface area (Å²) in [5, 5.41) is 11.1. The molecule has 2 N–H and O–H groups in total. The van der Waals surface area contributed by atoms with Crippen molar-refractivity contribution in [2.75, 3.05) is 51.2 Å². The van der Waals surface area contributed by atoms with Crippen molar-refractivity contribution in [2.24, 2.45) is 4.99 Å². The number of aromatic nitrogens is 2. The number of nitrogens with one attached hydrogen (secondary N) is 2. The highest BCUT2D eigenvalue weighted by molar-refractivity contribution is 5.79. The minimum absolute atomic E-state index is 0.473. The summed E-state index contributed by atoms with van der Waals surface area (Å²) >= 11 is 0. The number of benzene rings is 1. The molecule has 0 amide bonds. The van der Waals surface area contributed by atoms with Gasteiger partial charge in [-0.05, 0) is 31.5 Å². The molecule has 1 saturated heterocycles. The van der Waals surface area contributed by atoms with Crippen LogP contribution in [-0.2, 0) is 6.54 Å². The van der Waals surface area contributed by atoms with Crippen molar-refractivity contribution in [1.29, 1.82) is 0 Å². The second kappa shape index (κ2) is 10.7. The first-order valence-electron chi connectivity index (χ1n) is 10.2. The molecule has 3 rings (SSSR count). The van der Waals surface area contributed by atoms with Crippen LogP contribution in [0.25, 0.3) is 0 Å². The molecule has 1 aliphatic rings. The molecule has 1 aromatic carbocycles. The summed E-state index contributed by atoms with van der Waals surface area (Å²) in [6.45, 7) is 9.31. The van der Waals surface area contributed by atoms with E-state index >= 15 is 0 Å². The molecule has 0 spiro atoms. The van der Waals surface area contributed by atoms with Crippen LogP contribution in [0.15, 0.2) is 53.8 Å². The minimum atomic E-state index is 0.473. The lowest BCUT2D eigenvalue weighted by atomic mass is 10.2. The smallest absolute Gasteiger partial charge is 0.191 e. The Morgan fingerprint density at radius 1 is 1.11 bits per heavy atom. The fourth-order valence-corrected chi connectivity index (χ4v) is 3.53. The van der Waals surface area contributed by atoms with Crippen LogP contribution in [0.2, 0.25) is 0 Å². The zero-order chi connectivity index (χ0) is 19.6. The molecule has 1 fully saturated rings. The van der Waals surface area contributed by atoms with Crippen LogP contribution in [0.4, 0.5) is 5.69 Å². The van der Waals surface area contributed by atoms with E-state index in [0.717, 1.165) is 58.2 Å². The van der Waals surface area contributed by atoms with E-state index in [1.807, 2.05) is 30.2 Å². The number of guanidine groups is 1. The first-order chi connectivity index (χ1) is 13.8. The number of anilines is 1. The highest BCUT2D eigenvalue weighted by Gasteiger charge is 2.21. The molecule has 7 nitrogen and oxygen atoms in total. The molecular formula is C21H33N7. The normalized spacial score (nSPS) is 16.8. The quantitative estimate of drug-likeness (QED) is 0.412. The maximum absolute atomic E-state index is 4.34. The summed E-state index contributed by atoms with van der Waals surface area (Å²) < 4.78 is 1.95. The van der Waals surface area contributed by atoms with E-state index in [0.29, 0.717) is 6.04 Å². The maximum Gasteiger partial charge on any atom is 0.191 e. The number of aryl methyl sites for hydroxylation is 1. The number of hydrogen-bond acceptors (Lipinski definition) is 4. The molecule has 1 aliphatic heterocycles. The van der Waals surface area contributed by atoms with Crippen LogP contribution in [0.1, 0.15) is 13.3 Å². The molecule has 7 heteroatoms. The third-order valence-electron chi connectivity index (χ3n) is 5.26. The summed E-state index contributed by atoms with van der Waals surface area (Å²) in [6, 6.07) is 13.1. The van der Waals surface area contributed by atoms with Gasteiger partial charge in [-0.15, -0.1) is 0 Å². The second-order valence-electron chi connectivity index (χ2n) is 7.21. The van der Waals surface area contributed by atoms with Gasteiger partial charge in [-0.25, -0.2) is 0 Å². The lowest BCUT2D eigenvalue weighted by Gasteiger charge is -2.39. The summed E-state index contributed by atoms with van der Waals surface area (Å²) in [4.78, 5) is 9.36. The van der Waals surface area contributed by atoms with Crippen LogP contribution in [0, 0.1) is 0 Å². The van der Waals surface area contributed by atoms with Gasteiger partial charge in [-0.2, -0.15) is 5.10 Å². The average Bonchev–Trinajstić information content (AvgIpc) is 3.27. The monoisotopic (exact) mass is 383 g/mol. The average molecular weight is 384 g/mol. The Morgan fingerprint density at radius 2 is 1.89 bits per heavy atom. The van der Waals surface area contributed by atoms with E-state index in [4.69, 9.17) is 0 Å². The number of rotatable bonds is 8. The molecule has 1 atom stereocenters. The van der Waals surface area contributed by atoms with Crippen molar-refractivity contribution in [3.05, 3.63) is 48.8 Å². The summed E-state index contributed by atoms with van der Waals surface area (Å²) in [6.07, 6.45) is 4.82. The van der Waals surface area contributed by atoms with Gasteiger partial charge in [0.2, 0.25) is 0 Å². The van der Waals surface area contributed by atoms with Gasteiger partial charge in [0.1, 0.15) is 0 Å². The number of para-hydroxylation sites is 1. The molecule has 0 aliphatic carbocycles. The van der Waals surface area contributed by atoms with Crippen molar-refractivity contribution in [3.8, 4) is 0 Å². The summed E-state index contributed by atoms with van der Waals surface area (Å²) in [5.74, 6) is 0.871. The lowest BCUT2D eigenvalue weighted by Crippen LogP contribution is -2.53. The fourth-order valence-electron chi connectivity index (χ4n) is 3.53. The van der Waals surface area contributed by atoms with Crippen LogP contribution in [0.3, 0.4) is 0 Å². The van der Waals surface area contributed by atoms with Gasteiger partial charge in [0.15, 0.2) is 5.96 Å². The Kier molecular flexibility index (Phi) is 7.72. The Bertz CT molecular complexity index is 691. The van der Waals surface area contributed by atoms with Gasteiger partial charge < -0.3 is 15.5 Å². The van der Waals surface area contributed by atoms with Crippen molar-refractivity contribution in [3.63, 3.8) is 0 Å². The summed E-state index contributed by atoms with van der Waals surface area (Å²) in [5.41, 5.74) is 1.33. The number of aliphatic imine (C=N–C) groups is 1. The standard InChI is InChI=1S/C21H33N7/c1-19(26-14-16-27(17-15-26)20-8-4-3-5-9-20)18-24-21(22-2)23-10-6-12-28-13-7-11-25-28/h3-5,7-9,11,13,19H,6,10,12,14-18H2,1-2H3,(H2,22,23,24). The number of nitrogens with zero attached hydrogens (tertiary/aromatic N) is 5. The van der Waals surface area contributed by atoms with E-state index in [1.54, 1.807) is 0 Å². The molecule has 1 aromatic heterocycles. The SMILES string of the molecule is CN=C(NCCCn1cccn1)NCC(C)N1CCN(c2ccccc2)CC1. The largest absolute Gasteiger partial charge is 0.369 e. The Labute approximate surface area is 168 Å². The molecule has 1 unspecified atom stereocenters. The zero-order valence-corrected chi connectivity index (χ0v) is 17.1. The van der Waals surface area contributed by atoms with Crippen LogP contribution in [-0.4, -0.2) is 73.0 Å². The molecule has 2 aromatic rings. The van der Waals surface area contributed by atoms with Crippen LogP contribution >= 0.6 is 0 Å². The molecule has 0 saturated carbocycles. The minimum Gasteiger partial charge on any atom is -0.369 e. The van der Waals surface area contributed by atoms with Gasteiger partial charge in [0.05, 0.1) is 0 Å². The molecule has 28 heavy (non-hydrogen) atoms. The van der Waals surface area contributed by atoms with E-state index in [2.05, 4.69) is 67.8 Å². The van der Waals surface area contributed by atoms with E-state index in [1.165, 1.54) is 5.69 Å². The van der Waals surface area contributed by atoms with E-state index in [-0.39, 0.29) is 0 Å². The van der Waals surface area contributed by atoms with E-state index < -0.39 is 0 Å². The number of hydrogen-bond donors (Lipinski definition) is 2. The lowest BCUT2D eigenvalue weighted by molar-refractivity contribution is 0.197. The van der Waals surface area contributed by atoms with Crippen molar-refractivity contribution in [1.82, 2.24) is 25.3 Å². The Hall–Kier alpha value is -2.54. The molecular weight excluding hydrogens is 350 g/mol. The molecule has 0 bridgehead atoms. The van der Waals surface area contributed by atoms with Crippen LogP contribution < -0.4 is 15.5 Å². The van der Waals surface area contributed by atoms with E-state index in [9.17, 15) is 0 Å². The first-order valence-corrected chi connectivity index (χ1v) is 10.2. The maximum atomic E-state index is 4.34. The molecule has 152 valence electrons. The predicted octanol–water partition coefficient (Wildman–Crippen LogP) is 1.65. The van der Waals surface area contributed by atoms with Gasteiger partial charge >= 0.3 is 0 Å². The third kappa shape index (κ3) is 5.99. The first kappa shape index (κ1) is 20.2. The second-order valence-corrected chi connectivity index (χ2v) is 7.21. The van der Waals surface area contributed by atoms with Gasteiger partial charge in [0.25, 0.3) is 0 Å². The van der Waals surface area contributed by atoms with Gasteiger partial charge in [0, 0.05) is 77.0 Å². The highest BCUT2D eigenvalue weighted by atomic mass is 15.3. The Morgan fingerprint density at radius 3 is 2.57 bits per heavy atom. The number of piperazine rings is 1. The molecule has 0 radical (unpaired) electrons. The topological polar surface area (TPSA) is 60.7 Å². The third-order valence-corrected chi connectivity index (χ3v) is 5.26. The Balaban J connectivity index is 1.33. The van der Waals surface area contributed by atoms with Gasteiger partial charge in [-0.3, -0.25) is 14.6 Å². The van der Waals surface area contributed by atoms with Crippen molar-refractivity contribution < 1.29 is 0 Å². The van der Waals surface area contributed by atoms with Crippen LogP contribution in [0.5, 0.6) is 0 Å². The van der Waals surface area contributed by atoms with Gasteiger partial charge in [-0.1, -0.05) is 18.2 Å². The predicted molar refractivity (Wildman–Crippen MR) is 116 cm³/mol. The van der Waals surface area contributed by atoms with Crippen molar-refractivity contribution in [2.45, 2.75) is 25.9 Å². The molecule has 2 heterocycles.